The zero-order valence-electron chi connectivity index (χ0n) is 42.4. The summed E-state index contributed by atoms with van der Waals surface area (Å²) in [6.45, 7) is 3.45. The van der Waals surface area contributed by atoms with Crippen LogP contribution in [-0.2, 0) is 14.3 Å². The van der Waals surface area contributed by atoms with Crippen molar-refractivity contribution >= 4 is 5.91 Å². The second-order valence-corrected chi connectivity index (χ2v) is 19.6. The van der Waals surface area contributed by atoms with E-state index in [0.717, 1.165) is 38.5 Å². The van der Waals surface area contributed by atoms with Crippen LogP contribution < -0.4 is 5.32 Å². The van der Waals surface area contributed by atoms with Crippen LogP contribution in [0.1, 0.15) is 251 Å². The van der Waals surface area contributed by atoms with Gasteiger partial charge in [-0.3, -0.25) is 4.79 Å². The van der Waals surface area contributed by atoms with Gasteiger partial charge in [0, 0.05) is 0 Å². The molecule has 1 fully saturated rings. The van der Waals surface area contributed by atoms with Crippen LogP contribution in [-0.4, -0.2) is 110 Å². The van der Waals surface area contributed by atoms with Gasteiger partial charge in [0.05, 0.1) is 25.4 Å². The van der Waals surface area contributed by atoms with Gasteiger partial charge in [0.2, 0.25) is 5.91 Å². The summed E-state index contributed by atoms with van der Waals surface area (Å²) in [5, 5.41) is 75.9. The molecule has 1 heterocycles. The maximum Gasteiger partial charge on any atom is 0.249 e. The maximum atomic E-state index is 13.1. The minimum absolute atomic E-state index is 0.253. The minimum Gasteiger partial charge on any atom is -0.394 e. The third-order valence-corrected chi connectivity index (χ3v) is 13.5. The number of amides is 1. The lowest BCUT2D eigenvalue weighted by molar-refractivity contribution is -0.303. The Bertz CT molecular complexity index is 1120. The fourth-order valence-electron chi connectivity index (χ4n) is 8.91. The zero-order chi connectivity index (χ0) is 48.3. The number of nitrogens with one attached hydrogen (secondary N) is 1. The molecule has 0 aromatic carbocycles. The van der Waals surface area contributed by atoms with Crippen molar-refractivity contribution in [3.63, 3.8) is 0 Å². The summed E-state index contributed by atoms with van der Waals surface area (Å²) in [5.74, 6) is -0.706. The predicted molar refractivity (Wildman–Crippen MR) is 270 cm³/mol. The van der Waals surface area contributed by atoms with E-state index in [4.69, 9.17) is 9.47 Å². The molecular formula is C55H105NO10. The van der Waals surface area contributed by atoms with Crippen molar-refractivity contribution in [3.05, 3.63) is 24.3 Å². The third-order valence-electron chi connectivity index (χ3n) is 13.5. The predicted octanol–water partition coefficient (Wildman–Crippen LogP) is 11.0. The highest BCUT2D eigenvalue weighted by molar-refractivity contribution is 5.80. The number of carbonyl (C=O) groups is 1. The van der Waals surface area contributed by atoms with Gasteiger partial charge >= 0.3 is 0 Å². The number of hydrogen-bond donors (Lipinski definition) is 8. The van der Waals surface area contributed by atoms with Gasteiger partial charge in [-0.2, -0.15) is 0 Å². The van der Waals surface area contributed by atoms with E-state index in [0.29, 0.717) is 12.8 Å². The van der Waals surface area contributed by atoms with Gasteiger partial charge in [0.25, 0.3) is 0 Å². The van der Waals surface area contributed by atoms with Crippen molar-refractivity contribution in [2.75, 3.05) is 13.2 Å². The van der Waals surface area contributed by atoms with E-state index in [-0.39, 0.29) is 12.8 Å². The molecule has 0 saturated carbocycles. The summed E-state index contributed by atoms with van der Waals surface area (Å²) in [5.41, 5.74) is 0. The number of aliphatic hydroxyl groups is 7. The van der Waals surface area contributed by atoms with Crippen molar-refractivity contribution in [1.82, 2.24) is 5.32 Å². The van der Waals surface area contributed by atoms with Gasteiger partial charge < -0.3 is 50.5 Å². The topological polar surface area (TPSA) is 189 Å². The van der Waals surface area contributed by atoms with E-state index < -0.39 is 74.2 Å². The van der Waals surface area contributed by atoms with Crippen LogP contribution in [0.3, 0.4) is 0 Å². The molecular weight excluding hydrogens is 835 g/mol. The van der Waals surface area contributed by atoms with Gasteiger partial charge in [-0.15, -0.1) is 0 Å². The van der Waals surface area contributed by atoms with Crippen LogP contribution in [0.15, 0.2) is 24.3 Å². The van der Waals surface area contributed by atoms with Crippen molar-refractivity contribution in [3.8, 4) is 0 Å². The number of hydrogen-bond acceptors (Lipinski definition) is 10. The number of carbonyl (C=O) groups excluding carboxylic acids is 1. The highest BCUT2D eigenvalue weighted by Gasteiger charge is 2.44. The quantitative estimate of drug-likeness (QED) is 0.0215. The molecule has 0 radical (unpaired) electrons. The van der Waals surface area contributed by atoms with Gasteiger partial charge in [-0.1, -0.05) is 212 Å². The molecule has 1 amide bonds. The molecule has 0 aliphatic carbocycles. The number of ether oxygens (including phenoxy) is 2. The first kappa shape index (κ1) is 62.6. The van der Waals surface area contributed by atoms with Crippen molar-refractivity contribution in [2.45, 2.75) is 306 Å². The summed E-state index contributed by atoms with van der Waals surface area (Å²) in [6, 6.07) is -1.18. The average molecular weight is 940 g/mol. The van der Waals surface area contributed by atoms with Crippen LogP contribution in [0.5, 0.6) is 0 Å². The molecule has 9 unspecified atom stereocenters. The monoisotopic (exact) mass is 940 g/mol. The van der Waals surface area contributed by atoms with E-state index >= 15 is 0 Å². The molecule has 0 spiro atoms. The van der Waals surface area contributed by atoms with Crippen LogP contribution in [0.25, 0.3) is 0 Å². The Morgan fingerprint density at radius 1 is 0.515 bits per heavy atom. The molecule has 11 nitrogen and oxygen atoms in total. The van der Waals surface area contributed by atoms with Crippen molar-refractivity contribution in [2.24, 2.45) is 0 Å². The number of allylic oxidation sites excluding steroid dienone is 4. The van der Waals surface area contributed by atoms with E-state index in [1.165, 1.54) is 173 Å². The maximum absolute atomic E-state index is 13.1. The number of unbranched alkanes of at least 4 members (excludes halogenated alkanes) is 31. The normalized spacial score (nSPS) is 20.9. The Morgan fingerprint density at radius 2 is 0.894 bits per heavy atom. The summed E-state index contributed by atoms with van der Waals surface area (Å²) in [6.07, 6.45) is 40.9. The van der Waals surface area contributed by atoms with Gasteiger partial charge in [-0.05, 0) is 64.2 Å². The van der Waals surface area contributed by atoms with Crippen molar-refractivity contribution in [1.29, 1.82) is 0 Å². The van der Waals surface area contributed by atoms with Crippen molar-refractivity contribution < 1.29 is 50.0 Å². The third kappa shape index (κ3) is 33.2. The van der Waals surface area contributed by atoms with Crippen LogP contribution in [0, 0.1) is 0 Å². The molecule has 0 bridgehead atoms. The van der Waals surface area contributed by atoms with Crippen LogP contribution in [0.4, 0.5) is 0 Å². The number of rotatable bonds is 47. The van der Waals surface area contributed by atoms with E-state index in [9.17, 15) is 40.5 Å². The van der Waals surface area contributed by atoms with Gasteiger partial charge in [0.1, 0.15) is 36.6 Å². The summed E-state index contributed by atoms with van der Waals surface area (Å²) >= 11 is 0. The van der Waals surface area contributed by atoms with E-state index in [1.807, 2.05) is 0 Å². The lowest BCUT2D eigenvalue weighted by Crippen LogP contribution is -2.60. The highest BCUT2D eigenvalue weighted by Crippen LogP contribution is 2.23. The molecule has 1 aliphatic heterocycles. The number of aliphatic hydroxyl groups excluding tert-OH is 7. The highest BCUT2D eigenvalue weighted by atomic mass is 16.7. The fourth-order valence-corrected chi connectivity index (χ4v) is 8.91. The lowest BCUT2D eigenvalue weighted by atomic mass is 9.98. The molecule has 11 heteroatoms. The van der Waals surface area contributed by atoms with Gasteiger partial charge in [-0.25, -0.2) is 0 Å². The van der Waals surface area contributed by atoms with Crippen LogP contribution >= 0.6 is 0 Å². The molecule has 1 aliphatic rings. The smallest absolute Gasteiger partial charge is 0.249 e. The second kappa shape index (κ2) is 44.8. The molecule has 0 aromatic rings. The Labute approximate surface area is 404 Å². The fraction of sp³-hybridized carbons (Fsp3) is 0.909. The molecule has 1 rings (SSSR count). The van der Waals surface area contributed by atoms with Gasteiger partial charge in [0.15, 0.2) is 6.29 Å². The van der Waals surface area contributed by atoms with E-state index in [1.54, 1.807) is 0 Å². The summed E-state index contributed by atoms with van der Waals surface area (Å²) < 4.78 is 11.1. The average Bonchev–Trinajstić information content (AvgIpc) is 3.32. The molecule has 9 atom stereocenters. The molecule has 66 heavy (non-hydrogen) atoms. The largest absolute Gasteiger partial charge is 0.394 e. The lowest BCUT2D eigenvalue weighted by Gasteiger charge is -2.40. The molecule has 390 valence electrons. The Kier molecular flexibility index (Phi) is 42.5. The minimum atomic E-state index is -1.67. The molecule has 1 saturated heterocycles. The first-order valence-electron chi connectivity index (χ1n) is 27.7. The SMILES string of the molecule is CCCCCCCCCCC/C=C/CCCC(O)C(O)C(COC1OC(CO)C(O)C(O)C1O)NC(=O)C(O)CCCCCCCCCCC/C=C\CCCCCCCCCCCCCC. The molecule has 8 N–H and O–H groups in total. The summed E-state index contributed by atoms with van der Waals surface area (Å²) in [4.78, 5) is 13.1. The van der Waals surface area contributed by atoms with E-state index in [2.05, 4.69) is 43.5 Å². The summed E-state index contributed by atoms with van der Waals surface area (Å²) in [7, 11) is 0. The molecule has 0 aromatic heterocycles. The standard InChI is InChI=1S/C55H105NO10/c1-3-5-7-9-11-13-15-17-19-20-21-22-23-24-25-26-27-28-29-31-33-35-37-39-41-43-48(59)54(64)56-46(45-65-55-53(63)52(62)51(61)49(44-57)66-55)50(60)47(58)42-40-38-36-34-32-30-18-16-14-12-10-8-6-4-2/h24-25,34,36,46-53,55,57-63H,3-23,26-33,35,37-45H2,1-2H3,(H,56,64)/b25-24-,36-34+. The Balaban J connectivity index is 2.31. The second-order valence-electron chi connectivity index (χ2n) is 19.6. The first-order valence-corrected chi connectivity index (χ1v) is 27.7. The Hall–Kier alpha value is -1.41. The Morgan fingerprint density at radius 3 is 1.30 bits per heavy atom. The first-order chi connectivity index (χ1) is 32.2. The van der Waals surface area contributed by atoms with Crippen LogP contribution in [0.2, 0.25) is 0 Å². The zero-order valence-corrected chi connectivity index (χ0v) is 42.4.